The molecule has 1 fully saturated rings. The van der Waals surface area contributed by atoms with Gasteiger partial charge >= 0.3 is 0 Å². The van der Waals surface area contributed by atoms with Crippen molar-refractivity contribution in [2.45, 2.75) is 45.5 Å². The van der Waals surface area contributed by atoms with E-state index in [-0.39, 0.29) is 24.0 Å². The Morgan fingerprint density at radius 2 is 2.27 bits per heavy atom. The predicted octanol–water partition coefficient (Wildman–Crippen LogP) is 2.21. The highest BCUT2D eigenvalue weighted by atomic mass is 127. The van der Waals surface area contributed by atoms with Crippen LogP contribution in [0.15, 0.2) is 11.3 Å². The molecule has 8 heteroatoms. The molecule has 2 heterocycles. The molecule has 1 aromatic rings. The van der Waals surface area contributed by atoms with Gasteiger partial charge in [0.1, 0.15) is 12.9 Å². The number of nitrogens with one attached hydrogen (secondary N) is 1. The van der Waals surface area contributed by atoms with Crippen molar-refractivity contribution < 1.29 is 0 Å². The van der Waals surface area contributed by atoms with Crippen molar-refractivity contribution in [2.75, 3.05) is 25.4 Å². The third-order valence-electron chi connectivity index (χ3n) is 3.64. The summed E-state index contributed by atoms with van der Waals surface area (Å²) >= 11 is 2.07. The topological polar surface area (TPSA) is 58.3 Å². The molecule has 1 aliphatic heterocycles. The van der Waals surface area contributed by atoms with Crippen LogP contribution in [0, 0.1) is 0 Å². The first kappa shape index (κ1) is 19.5. The molecule has 1 aromatic heterocycles. The second-order valence-electron chi connectivity index (χ2n) is 5.05. The number of aliphatic imine (C=N–C) groups is 1. The lowest BCUT2D eigenvalue weighted by molar-refractivity contribution is 0.407. The highest BCUT2D eigenvalue weighted by molar-refractivity contribution is 14.0. The van der Waals surface area contributed by atoms with Gasteiger partial charge in [0.2, 0.25) is 0 Å². The highest BCUT2D eigenvalue weighted by Crippen LogP contribution is 2.21. The fourth-order valence-electron chi connectivity index (χ4n) is 2.40. The Balaban J connectivity index is 0.00000242. The number of hydrogen-bond acceptors (Lipinski definition) is 4. The third-order valence-corrected chi connectivity index (χ3v) is 5.01. The van der Waals surface area contributed by atoms with E-state index in [2.05, 4.69) is 52.9 Å². The average Bonchev–Trinajstić information content (AvgIpc) is 2.99. The number of thioether (sulfide) groups is 1. The summed E-state index contributed by atoms with van der Waals surface area (Å²) in [6.07, 6.45) is 2.98. The molecule has 2 rings (SSSR count). The van der Waals surface area contributed by atoms with Crippen LogP contribution in [0.3, 0.4) is 0 Å². The maximum absolute atomic E-state index is 4.76. The quantitative estimate of drug-likeness (QED) is 0.434. The molecule has 1 atom stereocenters. The number of rotatable bonds is 5. The van der Waals surface area contributed by atoms with Gasteiger partial charge in [0.25, 0.3) is 0 Å². The maximum atomic E-state index is 4.76. The Labute approximate surface area is 154 Å². The Morgan fingerprint density at radius 1 is 1.45 bits per heavy atom. The zero-order chi connectivity index (χ0) is 15.1. The number of aryl methyl sites for hydroxylation is 1. The smallest absolute Gasteiger partial charge is 0.194 e. The van der Waals surface area contributed by atoms with Crippen LogP contribution in [0.1, 0.15) is 33.0 Å². The Hall–Kier alpha value is -0.510. The Bertz CT molecular complexity index is 464. The summed E-state index contributed by atoms with van der Waals surface area (Å²) < 4.78 is 2.04. The van der Waals surface area contributed by atoms with Gasteiger partial charge in [-0.2, -0.15) is 11.8 Å². The second-order valence-corrected chi connectivity index (χ2v) is 6.46. The molecule has 1 aliphatic rings. The molecule has 0 amide bonds. The van der Waals surface area contributed by atoms with Crippen LogP contribution in [-0.2, 0) is 13.1 Å². The minimum absolute atomic E-state index is 0. The van der Waals surface area contributed by atoms with Crippen molar-refractivity contribution in [3.8, 4) is 0 Å². The zero-order valence-corrected chi connectivity index (χ0v) is 16.8. The van der Waals surface area contributed by atoms with Gasteiger partial charge in [-0.1, -0.05) is 6.92 Å². The van der Waals surface area contributed by atoms with Gasteiger partial charge in [-0.05, 0) is 20.3 Å². The van der Waals surface area contributed by atoms with Crippen molar-refractivity contribution in [2.24, 2.45) is 4.99 Å². The van der Waals surface area contributed by atoms with E-state index in [0.717, 1.165) is 38.0 Å². The van der Waals surface area contributed by atoms with Crippen LogP contribution >= 0.6 is 35.7 Å². The number of aromatic nitrogens is 3. The molecule has 0 aliphatic carbocycles. The number of nitrogens with zero attached hydrogens (tertiary/aromatic N) is 5. The van der Waals surface area contributed by atoms with Crippen molar-refractivity contribution in [3.05, 3.63) is 12.2 Å². The molecule has 0 saturated carbocycles. The van der Waals surface area contributed by atoms with E-state index < -0.39 is 0 Å². The number of guanidine groups is 1. The highest BCUT2D eigenvalue weighted by Gasteiger charge is 2.21. The molecule has 1 saturated heterocycles. The summed E-state index contributed by atoms with van der Waals surface area (Å²) in [7, 11) is 0. The van der Waals surface area contributed by atoms with E-state index in [4.69, 9.17) is 4.99 Å². The van der Waals surface area contributed by atoms with E-state index in [1.807, 2.05) is 4.57 Å². The van der Waals surface area contributed by atoms with Crippen molar-refractivity contribution >= 4 is 41.7 Å². The fourth-order valence-corrected chi connectivity index (χ4v) is 3.58. The molecule has 1 N–H and O–H groups in total. The Kier molecular flexibility index (Phi) is 9.15. The maximum Gasteiger partial charge on any atom is 0.194 e. The van der Waals surface area contributed by atoms with Gasteiger partial charge in [-0.3, -0.25) is 0 Å². The summed E-state index contributed by atoms with van der Waals surface area (Å²) in [6.45, 7) is 11.0. The lowest BCUT2D eigenvalue weighted by Crippen LogP contribution is -2.48. The SMILES string of the molecule is CCNC(=NCc1nncn1CC)N1CCSC(CC)C1.I. The molecule has 0 spiro atoms. The van der Waals surface area contributed by atoms with Crippen LogP contribution in [0.4, 0.5) is 0 Å². The van der Waals surface area contributed by atoms with Gasteiger partial charge in [-0.25, -0.2) is 4.99 Å². The fraction of sp³-hybridized carbons (Fsp3) is 0.786. The van der Waals surface area contributed by atoms with Crippen LogP contribution in [0.25, 0.3) is 0 Å². The number of hydrogen-bond donors (Lipinski definition) is 1. The molecular weight excluding hydrogens is 411 g/mol. The molecule has 0 bridgehead atoms. The standard InChI is InChI=1S/C14H26N6S.HI/c1-4-12-10-20(7-8-21-12)14(15-5-2)16-9-13-18-17-11-19(13)6-3;/h11-12H,4-10H2,1-3H3,(H,15,16);1H. The van der Waals surface area contributed by atoms with Gasteiger partial charge in [0.15, 0.2) is 11.8 Å². The van der Waals surface area contributed by atoms with Gasteiger partial charge in [0, 0.05) is 37.2 Å². The van der Waals surface area contributed by atoms with Crippen molar-refractivity contribution in [1.82, 2.24) is 25.0 Å². The minimum atomic E-state index is 0. The summed E-state index contributed by atoms with van der Waals surface area (Å²) in [5.41, 5.74) is 0. The van der Waals surface area contributed by atoms with E-state index in [0.29, 0.717) is 11.8 Å². The molecule has 22 heavy (non-hydrogen) atoms. The second kappa shape index (κ2) is 10.3. The van der Waals surface area contributed by atoms with Crippen molar-refractivity contribution in [1.29, 1.82) is 0 Å². The summed E-state index contributed by atoms with van der Waals surface area (Å²) in [4.78, 5) is 7.13. The first-order valence-electron chi connectivity index (χ1n) is 7.80. The monoisotopic (exact) mass is 438 g/mol. The van der Waals surface area contributed by atoms with E-state index in [1.54, 1.807) is 6.33 Å². The lowest BCUT2D eigenvalue weighted by atomic mass is 10.3. The first-order chi connectivity index (χ1) is 10.3. The minimum Gasteiger partial charge on any atom is -0.357 e. The first-order valence-corrected chi connectivity index (χ1v) is 8.84. The van der Waals surface area contributed by atoms with Crippen LogP contribution in [-0.4, -0.2) is 56.3 Å². The normalized spacial score (nSPS) is 19.0. The molecular formula is C14H27IN6S. The summed E-state index contributed by atoms with van der Waals surface area (Å²) in [5.74, 6) is 3.10. The zero-order valence-electron chi connectivity index (χ0n) is 13.7. The molecule has 1 unspecified atom stereocenters. The number of halogens is 1. The average molecular weight is 438 g/mol. The van der Waals surface area contributed by atoms with Gasteiger partial charge in [0.05, 0.1) is 0 Å². The predicted molar refractivity (Wildman–Crippen MR) is 104 cm³/mol. The molecule has 0 radical (unpaired) electrons. The largest absolute Gasteiger partial charge is 0.357 e. The van der Waals surface area contributed by atoms with E-state index in [9.17, 15) is 0 Å². The van der Waals surface area contributed by atoms with Crippen LogP contribution < -0.4 is 5.32 Å². The van der Waals surface area contributed by atoms with E-state index >= 15 is 0 Å². The lowest BCUT2D eigenvalue weighted by Gasteiger charge is -2.34. The third kappa shape index (κ3) is 5.29. The Morgan fingerprint density at radius 3 is 2.95 bits per heavy atom. The van der Waals surface area contributed by atoms with Crippen LogP contribution in [0.5, 0.6) is 0 Å². The molecule has 0 aromatic carbocycles. The van der Waals surface area contributed by atoms with Crippen molar-refractivity contribution in [3.63, 3.8) is 0 Å². The van der Waals surface area contributed by atoms with E-state index in [1.165, 1.54) is 12.2 Å². The van der Waals surface area contributed by atoms with Crippen LogP contribution in [0.2, 0.25) is 0 Å². The molecule has 6 nitrogen and oxygen atoms in total. The summed E-state index contributed by atoms with van der Waals surface area (Å²) in [5, 5.41) is 12.2. The molecule has 126 valence electrons. The van der Waals surface area contributed by atoms with Gasteiger partial charge < -0.3 is 14.8 Å². The van der Waals surface area contributed by atoms with Gasteiger partial charge in [-0.15, -0.1) is 34.2 Å². The summed E-state index contributed by atoms with van der Waals surface area (Å²) in [6, 6.07) is 0.